The fourth-order valence-corrected chi connectivity index (χ4v) is 1.60. The monoisotopic (exact) mass is 251 g/mol. The summed E-state index contributed by atoms with van der Waals surface area (Å²) in [7, 11) is 1.80. The first-order chi connectivity index (χ1) is 8.62. The number of hydrogen-bond donors (Lipinski definition) is 1. The second kappa shape index (κ2) is 6.90. The molecular weight excluding hydrogens is 230 g/mol. The molecule has 0 radical (unpaired) electrons. The minimum absolute atomic E-state index is 0.0778. The van der Waals surface area contributed by atoms with Gasteiger partial charge in [0, 0.05) is 44.6 Å². The number of rotatable bonds is 6. The first kappa shape index (κ1) is 14.4. The molecule has 1 heterocycles. The van der Waals surface area contributed by atoms with Crippen LogP contribution in [0.15, 0.2) is 12.4 Å². The number of nitrogens with zero attached hydrogens (tertiary/aromatic N) is 4. The predicted molar refractivity (Wildman–Crippen MR) is 71.1 cm³/mol. The van der Waals surface area contributed by atoms with Crippen LogP contribution < -0.4 is 10.6 Å². The van der Waals surface area contributed by atoms with Gasteiger partial charge in [-0.2, -0.15) is 0 Å². The quantitative estimate of drug-likeness (QED) is 0.784. The Labute approximate surface area is 108 Å². The lowest BCUT2D eigenvalue weighted by Gasteiger charge is -2.23. The van der Waals surface area contributed by atoms with Crippen LogP contribution in [0.5, 0.6) is 0 Å². The third-order valence-electron chi connectivity index (χ3n) is 2.76. The second-order valence-corrected chi connectivity index (χ2v) is 4.02. The van der Waals surface area contributed by atoms with E-state index in [-0.39, 0.29) is 12.5 Å². The maximum absolute atomic E-state index is 11.9. The Morgan fingerprint density at radius 1 is 1.28 bits per heavy atom. The van der Waals surface area contributed by atoms with Crippen molar-refractivity contribution in [2.45, 2.75) is 20.4 Å². The molecule has 0 atom stereocenters. The lowest BCUT2D eigenvalue weighted by atomic mass is 10.3. The van der Waals surface area contributed by atoms with Crippen LogP contribution in [0.1, 0.15) is 19.4 Å². The third-order valence-corrected chi connectivity index (χ3v) is 2.76. The van der Waals surface area contributed by atoms with Crippen molar-refractivity contribution in [1.29, 1.82) is 0 Å². The summed E-state index contributed by atoms with van der Waals surface area (Å²) in [6.07, 6.45) is 3.36. The van der Waals surface area contributed by atoms with Crippen molar-refractivity contribution in [3.05, 3.63) is 18.0 Å². The maximum atomic E-state index is 11.9. The molecule has 0 aromatic carbocycles. The topological polar surface area (TPSA) is 75.4 Å². The van der Waals surface area contributed by atoms with Gasteiger partial charge in [0.1, 0.15) is 0 Å². The Morgan fingerprint density at radius 3 is 2.28 bits per heavy atom. The number of aromatic nitrogens is 2. The number of hydrogen-bond acceptors (Lipinski definition) is 5. The number of carbonyl (C=O) groups is 1. The van der Waals surface area contributed by atoms with E-state index in [1.54, 1.807) is 29.2 Å². The van der Waals surface area contributed by atoms with Crippen molar-refractivity contribution < 1.29 is 4.79 Å². The Morgan fingerprint density at radius 2 is 1.83 bits per heavy atom. The van der Waals surface area contributed by atoms with Crippen molar-refractivity contribution in [3.63, 3.8) is 0 Å². The van der Waals surface area contributed by atoms with Crippen molar-refractivity contribution >= 4 is 11.9 Å². The molecule has 0 aliphatic rings. The Kier molecular flexibility index (Phi) is 5.51. The fraction of sp³-hybridized carbons (Fsp3) is 0.583. The standard InChI is InChI=1S/C12H21N5O/c1-4-17(5-2)11(18)9-16(3)12-14-7-10(6-13)8-15-12/h7-8H,4-6,9,13H2,1-3H3. The van der Waals surface area contributed by atoms with Gasteiger partial charge in [-0.1, -0.05) is 0 Å². The van der Waals surface area contributed by atoms with E-state index >= 15 is 0 Å². The molecule has 0 aliphatic carbocycles. The smallest absolute Gasteiger partial charge is 0.242 e. The van der Waals surface area contributed by atoms with Gasteiger partial charge in [-0.05, 0) is 13.8 Å². The Bertz CT molecular complexity index is 375. The fourth-order valence-electron chi connectivity index (χ4n) is 1.60. The highest BCUT2D eigenvalue weighted by Crippen LogP contribution is 2.05. The summed E-state index contributed by atoms with van der Waals surface area (Å²) in [5, 5.41) is 0. The Hall–Kier alpha value is -1.69. The molecule has 6 heteroatoms. The lowest BCUT2D eigenvalue weighted by Crippen LogP contribution is -2.39. The highest BCUT2D eigenvalue weighted by atomic mass is 16.2. The average molecular weight is 251 g/mol. The number of amides is 1. The SMILES string of the molecule is CCN(CC)C(=O)CN(C)c1ncc(CN)cn1. The van der Waals surface area contributed by atoms with Crippen LogP contribution in [-0.4, -0.2) is 47.5 Å². The molecule has 1 rings (SSSR count). The molecule has 0 saturated heterocycles. The van der Waals surface area contributed by atoms with Crippen LogP contribution in [0.25, 0.3) is 0 Å². The zero-order valence-electron chi connectivity index (χ0n) is 11.3. The molecule has 1 aromatic rings. The molecule has 0 unspecified atom stereocenters. The van der Waals surface area contributed by atoms with Gasteiger partial charge in [-0.3, -0.25) is 4.79 Å². The van der Waals surface area contributed by atoms with E-state index in [0.29, 0.717) is 12.5 Å². The zero-order chi connectivity index (χ0) is 13.5. The lowest BCUT2D eigenvalue weighted by molar-refractivity contribution is -0.129. The van der Waals surface area contributed by atoms with Crippen LogP contribution >= 0.6 is 0 Å². The highest BCUT2D eigenvalue weighted by molar-refractivity contribution is 5.80. The number of likely N-dealkylation sites (N-methyl/N-ethyl adjacent to an activating group) is 2. The number of nitrogens with two attached hydrogens (primary N) is 1. The summed E-state index contributed by atoms with van der Waals surface area (Å²) in [6.45, 7) is 6.07. The van der Waals surface area contributed by atoms with E-state index in [1.165, 1.54) is 0 Å². The molecular formula is C12H21N5O. The van der Waals surface area contributed by atoms with Crippen molar-refractivity contribution in [2.75, 3.05) is 31.6 Å². The number of carbonyl (C=O) groups excluding carboxylic acids is 1. The van der Waals surface area contributed by atoms with Gasteiger partial charge in [0.05, 0.1) is 6.54 Å². The third kappa shape index (κ3) is 3.66. The largest absolute Gasteiger partial charge is 0.342 e. The van der Waals surface area contributed by atoms with Gasteiger partial charge in [0.15, 0.2) is 0 Å². The highest BCUT2D eigenvalue weighted by Gasteiger charge is 2.14. The van der Waals surface area contributed by atoms with Gasteiger partial charge >= 0.3 is 0 Å². The molecule has 1 aromatic heterocycles. The first-order valence-corrected chi connectivity index (χ1v) is 6.12. The van der Waals surface area contributed by atoms with E-state index in [0.717, 1.165) is 18.7 Å². The maximum Gasteiger partial charge on any atom is 0.242 e. The molecule has 2 N–H and O–H groups in total. The van der Waals surface area contributed by atoms with Crippen molar-refractivity contribution in [2.24, 2.45) is 5.73 Å². The summed E-state index contributed by atoms with van der Waals surface area (Å²) >= 11 is 0. The van der Waals surface area contributed by atoms with Crippen molar-refractivity contribution in [3.8, 4) is 0 Å². The van der Waals surface area contributed by atoms with E-state index in [2.05, 4.69) is 9.97 Å². The zero-order valence-corrected chi connectivity index (χ0v) is 11.3. The molecule has 6 nitrogen and oxygen atoms in total. The predicted octanol–water partition coefficient (Wildman–Crippen LogP) is 0.240. The van der Waals surface area contributed by atoms with E-state index in [4.69, 9.17) is 5.73 Å². The molecule has 100 valence electrons. The Balaban J connectivity index is 2.63. The van der Waals surface area contributed by atoms with Gasteiger partial charge < -0.3 is 15.5 Å². The van der Waals surface area contributed by atoms with Gasteiger partial charge in [-0.25, -0.2) is 9.97 Å². The molecule has 0 spiro atoms. The second-order valence-electron chi connectivity index (χ2n) is 4.02. The molecule has 0 bridgehead atoms. The summed E-state index contributed by atoms with van der Waals surface area (Å²) in [5.74, 6) is 0.613. The molecule has 0 fully saturated rings. The van der Waals surface area contributed by atoms with Gasteiger partial charge in [-0.15, -0.1) is 0 Å². The normalized spacial score (nSPS) is 10.2. The van der Waals surface area contributed by atoms with Gasteiger partial charge in [0.25, 0.3) is 0 Å². The summed E-state index contributed by atoms with van der Waals surface area (Å²) < 4.78 is 0. The molecule has 1 amide bonds. The minimum atomic E-state index is 0.0778. The number of anilines is 1. The van der Waals surface area contributed by atoms with Crippen LogP contribution in [-0.2, 0) is 11.3 Å². The molecule has 0 saturated carbocycles. The van der Waals surface area contributed by atoms with Crippen LogP contribution in [0.4, 0.5) is 5.95 Å². The summed E-state index contributed by atoms with van der Waals surface area (Å²) in [4.78, 5) is 23.8. The molecule has 18 heavy (non-hydrogen) atoms. The van der Waals surface area contributed by atoms with Crippen molar-refractivity contribution in [1.82, 2.24) is 14.9 Å². The van der Waals surface area contributed by atoms with Crippen LogP contribution in [0.2, 0.25) is 0 Å². The average Bonchev–Trinajstić information content (AvgIpc) is 2.40. The molecule has 0 aliphatic heterocycles. The first-order valence-electron chi connectivity index (χ1n) is 6.12. The summed E-state index contributed by atoms with van der Waals surface area (Å²) in [6, 6.07) is 0. The van der Waals surface area contributed by atoms with E-state index < -0.39 is 0 Å². The summed E-state index contributed by atoms with van der Waals surface area (Å²) in [5.41, 5.74) is 6.36. The van der Waals surface area contributed by atoms with Crippen LogP contribution in [0, 0.1) is 0 Å². The van der Waals surface area contributed by atoms with Gasteiger partial charge in [0.2, 0.25) is 11.9 Å². The minimum Gasteiger partial charge on any atom is -0.342 e. The van der Waals surface area contributed by atoms with E-state index in [1.807, 2.05) is 13.8 Å². The van der Waals surface area contributed by atoms with Crippen LogP contribution in [0.3, 0.4) is 0 Å². The van der Waals surface area contributed by atoms with E-state index in [9.17, 15) is 4.79 Å².